The molecule has 0 unspecified atom stereocenters. The van der Waals surface area contributed by atoms with E-state index in [0.29, 0.717) is 11.4 Å². The molecule has 0 saturated heterocycles. The van der Waals surface area contributed by atoms with Crippen LogP contribution in [0.25, 0.3) is 0 Å². The number of aryl methyl sites for hydroxylation is 2. The first-order valence-corrected chi connectivity index (χ1v) is 12.5. The third-order valence-electron chi connectivity index (χ3n) is 5.14. The van der Waals surface area contributed by atoms with Gasteiger partial charge in [-0.2, -0.15) is 27.0 Å². The third kappa shape index (κ3) is 6.14. The summed E-state index contributed by atoms with van der Waals surface area (Å²) in [6.45, 7) is 10.6. The SMILES string of the molecule is CC(=NNS(=O)(=O)c1ccc(C)cc1)C(C)(C)C(C)=NNS(=O)(=O)c1ccc(C)cc1. The Morgan fingerprint density at radius 2 is 0.968 bits per heavy atom. The number of hydrazone groups is 2. The molecular weight excluding hydrogens is 436 g/mol. The van der Waals surface area contributed by atoms with E-state index in [1.807, 2.05) is 13.8 Å². The van der Waals surface area contributed by atoms with Crippen LogP contribution < -0.4 is 9.66 Å². The number of nitrogens with zero attached hydrogens (tertiary/aromatic N) is 2. The molecule has 0 atom stereocenters. The van der Waals surface area contributed by atoms with Gasteiger partial charge in [0, 0.05) is 16.8 Å². The highest BCUT2D eigenvalue weighted by Gasteiger charge is 2.27. The van der Waals surface area contributed by atoms with E-state index in [2.05, 4.69) is 19.9 Å². The molecule has 0 saturated carbocycles. The lowest BCUT2D eigenvalue weighted by atomic mass is 9.84. The van der Waals surface area contributed by atoms with Gasteiger partial charge in [-0.1, -0.05) is 35.4 Å². The number of sulfonamides is 2. The highest BCUT2D eigenvalue weighted by Crippen LogP contribution is 2.21. The fourth-order valence-electron chi connectivity index (χ4n) is 2.34. The summed E-state index contributed by atoms with van der Waals surface area (Å²) in [7, 11) is -7.64. The van der Waals surface area contributed by atoms with Crippen molar-refractivity contribution >= 4 is 31.5 Å². The highest BCUT2D eigenvalue weighted by molar-refractivity contribution is 7.89. The lowest BCUT2D eigenvalue weighted by Gasteiger charge is -2.24. The Morgan fingerprint density at radius 3 is 1.26 bits per heavy atom. The van der Waals surface area contributed by atoms with Crippen molar-refractivity contribution in [2.75, 3.05) is 0 Å². The molecule has 0 spiro atoms. The fraction of sp³-hybridized carbons (Fsp3) is 0.333. The summed E-state index contributed by atoms with van der Waals surface area (Å²) >= 11 is 0. The average Bonchev–Trinajstić information content (AvgIpc) is 2.70. The van der Waals surface area contributed by atoms with Gasteiger partial charge in [0.1, 0.15) is 0 Å². The first kappa shape index (κ1) is 24.5. The van der Waals surface area contributed by atoms with E-state index in [1.165, 1.54) is 24.3 Å². The standard InChI is InChI=1S/C21H28N4O4S2/c1-15-7-11-19(12-8-15)30(26,27)24-22-17(3)21(5,6)18(4)23-25-31(28,29)20-13-9-16(2)10-14-20/h7-14,24-25H,1-6H3. The van der Waals surface area contributed by atoms with Crippen LogP contribution in [0.3, 0.4) is 0 Å². The highest BCUT2D eigenvalue weighted by atomic mass is 32.2. The molecule has 0 heterocycles. The lowest BCUT2D eigenvalue weighted by molar-refractivity contribution is 0.583. The summed E-state index contributed by atoms with van der Waals surface area (Å²) in [6, 6.07) is 12.8. The Labute approximate surface area is 184 Å². The molecule has 2 aromatic carbocycles. The van der Waals surface area contributed by atoms with Gasteiger partial charge in [-0.05, 0) is 65.8 Å². The zero-order valence-electron chi connectivity index (χ0n) is 18.5. The van der Waals surface area contributed by atoms with Gasteiger partial charge < -0.3 is 0 Å². The molecule has 0 aliphatic carbocycles. The fourth-order valence-corrected chi connectivity index (χ4v) is 4.05. The van der Waals surface area contributed by atoms with Gasteiger partial charge in [-0.25, -0.2) is 9.66 Å². The Balaban J connectivity index is 2.18. The minimum absolute atomic E-state index is 0.101. The Kier molecular flexibility index (Phi) is 7.28. The van der Waals surface area contributed by atoms with Crippen LogP contribution in [0.5, 0.6) is 0 Å². The topological polar surface area (TPSA) is 117 Å². The van der Waals surface area contributed by atoms with Gasteiger partial charge in [0.05, 0.1) is 9.79 Å². The van der Waals surface area contributed by atoms with Crippen molar-refractivity contribution in [1.29, 1.82) is 0 Å². The van der Waals surface area contributed by atoms with Crippen molar-refractivity contribution < 1.29 is 16.8 Å². The zero-order valence-corrected chi connectivity index (χ0v) is 20.1. The summed E-state index contributed by atoms with van der Waals surface area (Å²) in [5.74, 6) is 0. The normalized spacial score (nSPS) is 13.7. The average molecular weight is 465 g/mol. The molecule has 168 valence electrons. The maximum absolute atomic E-state index is 12.4. The van der Waals surface area contributed by atoms with Crippen molar-refractivity contribution in [3.63, 3.8) is 0 Å². The molecular formula is C21H28N4O4S2. The van der Waals surface area contributed by atoms with Crippen LogP contribution >= 0.6 is 0 Å². The molecule has 0 aliphatic rings. The Bertz CT molecular complexity index is 1100. The molecule has 0 aliphatic heterocycles. The molecule has 0 bridgehead atoms. The van der Waals surface area contributed by atoms with Crippen molar-refractivity contribution in [3.8, 4) is 0 Å². The van der Waals surface area contributed by atoms with E-state index in [-0.39, 0.29) is 9.79 Å². The van der Waals surface area contributed by atoms with Crippen LogP contribution in [0.4, 0.5) is 0 Å². The maximum atomic E-state index is 12.4. The third-order valence-corrected chi connectivity index (χ3v) is 7.59. The second kappa shape index (κ2) is 9.19. The zero-order chi connectivity index (χ0) is 23.4. The Hall–Kier alpha value is -2.72. The Morgan fingerprint density at radius 1 is 0.677 bits per heavy atom. The number of hydrogen-bond donors (Lipinski definition) is 2. The predicted molar refractivity (Wildman–Crippen MR) is 123 cm³/mol. The summed E-state index contributed by atoms with van der Waals surface area (Å²) in [5, 5.41) is 8.04. The van der Waals surface area contributed by atoms with E-state index in [4.69, 9.17) is 0 Å². The quantitative estimate of drug-likeness (QED) is 0.460. The van der Waals surface area contributed by atoms with Crippen molar-refractivity contribution in [2.24, 2.45) is 15.6 Å². The van der Waals surface area contributed by atoms with Gasteiger partial charge >= 0.3 is 0 Å². The van der Waals surface area contributed by atoms with Crippen LogP contribution in [-0.2, 0) is 20.0 Å². The molecule has 2 rings (SSSR count). The molecule has 0 amide bonds. The molecule has 0 radical (unpaired) electrons. The monoisotopic (exact) mass is 464 g/mol. The molecule has 2 N–H and O–H groups in total. The van der Waals surface area contributed by atoms with Crippen LogP contribution in [0.15, 0.2) is 68.5 Å². The van der Waals surface area contributed by atoms with Crippen molar-refractivity contribution in [3.05, 3.63) is 59.7 Å². The summed E-state index contributed by atoms with van der Waals surface area (Å²) in [5.41, 5.74) is 1.91. The lowest BCUT2D eigenvalue weighted by Crippen LogP contribution is -2.34. The van der Waals surface area contributed by atoms with E-state index in [0.717, 1.165) is 11.1 Å². The van der Waals surface area contributed by atoms with Crippen LogP contribution in [-0.4, -0.2) is 28.3 Å². The summed E-state index contributed by atoms with van der Waals surface area (Å²) < 4.78 is 49.8. The van der Waals surface area contributed by atoms with E-state index >= 15 is 0 Å². The summed E-state index contributed by atoms with van der Waals surface area (Å²) in [6.07, 6.45) is 0. The van der Waals surface area contributed by atoms with E-state index < -0.39 is 25.5 Å². The van der Waals surface area contributed by atoms with E-state index in [1.54, 1.807) is 52.0 Å². The number of rotatable bonds is 8. The van der Waals surface area contributed by atoms with Gasteiger partial charge in [0.2, 0.25) is 0 Å². The first-order valence-electron chi connectivity index (χ1n) is 9.52. The summed E-state index contributed by atoms with van der Waals surface area (Å²) in [4.78, 5) is 4.65. The molecule has 10 heteroatoms. The molecule has 0 fully saturated rings. The largest absolute Gasteiger partial charge is 0.276 e. The first-order chi connectivity index (χ1) is 14.3. The van der Waals surface area contributed by atoms with Gasteiger partial charge in [-0.3, -0.25) is 0 Å². The van der Waals surface area contributed by atoms with Crippen LogP contribution in [0.2, 0.25) is 0 Å². The minimum atomic E-state index is -3.82. The van der Waals surface area contributed by atoms with Crippen LogP contribution in [0, 0.1) is 19.3 Å². The van der Waals surface area contributed by atoms with Gasteiger partial charge in [-0.15, -0.1) is 0 Å². The minimum Gasteiger partial charge on any atom is -0.200 e. The number of benzene rings is 2. The molecule has 31 heavy (non-hydrogen) atoms. The molecule has 2 aromatic rings. The second-order valence-corrected chi connectivity index (χ2v) is 11.2. The maximum Gasteiger partial charge on any atom is 0.276 e. The molecule has 0 aromatic heterocycles. The predicted octanol–water partition coefficient (Wildman–Crippen LogP) is 3.34. The number of nitrogens with one attached hydrogen (secondary N) is 2. The second-order valence-electron chi connectivity index (χ2n) is 7.83. The van der Waals surface area contributed by atoms with Gasteiger partial charge in [0.15, 0.2) is 0 Å². The smallest absolute Gasteiger partial charge is 0.200 e. The van der Waals surface area contributed by atoms with E-state index in [9.17, 15) is 16.8 Å². The van der Waals surface area contributed by atoms with Gasteiger partial charge in [0.25, 0.3) is 20.0 Å². The number of hydrogen-bond acceptors (Lipinski definition) is 6. The molecule has 8 nitrogen and oxygen atoms in total. The van der Waals surface area contributed by atoms with Crippen LogP contribution in [0.1, 0.15) is 38.8 Å². The van der Waals surface area contributed by atoms with Crippen molar-refractivity contribution in [1.82, 2.24) is 9.66 Å². The van der Waals surface area contributed by atoms with Crippen molar-refractivity contribution in [2.45, 2.75) is 51.3 Å².